The van der Waals surface area contributed by atoms with Crippen LogP contribution in [0.25, 0.3) is 82.1 Å². The van der Waals surface area contributed by atoms with Gasteiger partial charge in [-0.05, 0) is 83.6 Å². The van der Waals surface area contributed by atoms with Crippen molar-refractivity contribution < 1.29 is 8.83 Å². The van der Waals surface area contributed by atoms with Crippen LogP contribution >= 0.6 is 0 Å². The van der Waals surface area contributed by atoms with Crippen LogP contribution in [-0.2, 0) is 0 Å². The number of fused-ring (bicyclic) bond motifs is 10. The maximum atomic E-state index is 6.87. The van der Waals surface area contributed by atoms with Crippen LogP contribution in [0.15, 0.2) is 184 Å². The minimum atomic E-state index is -0.314. The minimum Gasteiger partial charge on any atom is -0.456 e. The molecule has 0 saturated heterocycles. The molecule has 58 heavy (non-hydrogen) atoms. The highest BCUT2D eigenvalue weighted by Gasteiger charge is 2.31. The molecule has 5 heteroatoms. The van der Waals surface area contributed by atoms with Crippen LogP contribution in [0.1, 0.15) is 48.7 Å². The van der Waals surface area contributed by atoms with E-state index in [4.69, 9.17) is 13.8 Å². The number of nitrogens with zero attached hydrogens (tertiary/aromatic N) is 2. The molecule has 0 fully saturated rings. The van der Waals surface area contributed by atoms with E-state index in [0.29, 0.717) is 0 Å². The van der Waals surface area contributed by atoms with E-state index in [1.807, 2.05) is 6.07 Å². The highest BCUT2D eigenvalue weighted by atomic mass is 16.3. The fourth-order valence-corrected chi connectivity index (χ4v) is 9.64. The smallest absolute Gasteiger partial charge is 0.144 e. The molecule has 5 nitrogen and oxygen atoms in total. The first-order valence-electron chi connectivity index (χ1n) is 20.3. The van der Waals surface area contributed by atoms with Crippen LogP contribution in [0.5, 0.6) is 0 Å². The van der Waals surface area contributed by atoms with Crippen molar-refractivity contribution in [2.75, 3.05) is 0 Å². The largest absolute Gasteiger partial charge is 0.456 e. The van der Waals surface area contributed by atoms with Crippen molar-refractivity contribution in [3.63, 3.8) is 0 Å². The average Bonchev–Trinajstić information content (AvgIpc) is 3.94. The second-order valence-electron chi connectivity index (χ2n) is 15.9. The molecule has 12 rings (SSSR count). The summed E-state index contributed by atoms with van der Waals surface area (Å²) in [6.07, 6.45) is 1.41. The number of aliphatic imine (C=N–C) groups is 1. The molecule has 11 aromatic rings. The standard InChI is InChI=1S/C53H39N3O2/c1-32-26-27-45(41-22-13-21-40-38-19-8-11-24-48(38)57-51(40)41)54-53(33-14-3-2-4-15-33)55-50(32)44-31-36(30-43-39-20-9-12-25-49(39)58-52(43)44)56-46-23-10-7-18-37(46)42-28-34-16-5-6-17-35(34)29-47(42)56/h2-25,28-32,50,53,55H,26-27H2,1H3/b54-45+. The Morgan fingerprint density at radius 3 is 2.02 bits per heavy atom. The molecular weight excluding hydrogens is 711 g/mol. The number of para-hydroxylation sites is 4. The average molecular weight is 750 g/mol. The van der Waals surface area contributed by atoms with E-state index in [1.165, 1.54) is 32.6 Å². The third-order valence-electron chi connectivity index (χ3n) is 12.5. The highest BCUT2D eigenvalue weighted by molar-refractivity contribution is 6.16. The Bertz CT molecular complexity index is 3420. The Kier molecular flexibility index (Phi) is 7.47. The predicted molar refractivity (Wildman–Crippen MR) is 239 cm³/mol. The zero-order valence-corrected chi connectivity index (χ0v) is 32.0. The molecule has 8 aromatic carbocycles. The summed E-state index contributed by atoms with van der Waals surface area (Å²) in [5.41, 5.74) is 11.5. The molecule has 1 aliphatic heterocycles. The third-order valence-corrected chi connectivity index (χ3v) is 12.5. The van der Waals surface area contributed by atoms with E-state index in [0.717, 1.165) is 84.8 Å². The van der Waals surface area contributed by atoms with Crippen LogP contribution in [0.4, 0.5) is 0 Å². The number of benzene rings is 8. The van der Waals surface area contributed by atoms with Crippen LogP contribution in [-0.4, -0.2) is 10.3 Å². The van der Waals surface area contributed by atoms with Crippen molar-refractivity contribution in [1.29, 1.82) is 0 Å². The summed E-state index contributed by atoms with van der Waals surface area (Å²) in [5, 5.41) is 13.6. The molecule has 3 aromatic heterocycles. The van der Waals surface area contributed by atoms with E-state index < -0.39 is 0 Å². The van der Waals surface area contributed by atoms with Crippen LogP contribution < -0.4 is 5.32 Å². The summed E-state index contributed by atoms with van der Waals surface area (Å²) >= 11 is 0. The monoisotopic (exact) mass is 749 g/mol. The fraction of sp³-hybridized carbons (Fsp3) is 0.113. The molecule has 3 unspecified atom stereocenters. The summed E-state index contributed by atoms with van der Waals surface area (Å²) in [7, 11) is 0. The van der Waals surface area contributed by atoms with Crippen molar-refractivity contribution in [3.8, 4) is 5.69 Å². The lowest BCUT2D eigenvalue weighted by molar-refractivity contribution is 0.328. The summed E-state index contributed by atoms with van der Waals surface area (Å²) in [6.45, 7) is 2.37. The molecule has 1 N–H and O–H groups in total. The lowest BCUT2D eigenvalue weighted by Gasteiger charge is -2.32. The van der Waals surface area contributed by atoms with Crippen LogP contribution in [0, 0.1) is 5.92 Å². The second kappa shape index (κ2) is 13.1. The number of nitrogens with one attached hydrogen (secondary N) is 1. The van der Waals surface area contributed by atoms with E-state index >= 15 is 0 Å². The zero-order chi connectivity index (χ0) is 38.3. The first kappa shape index (κ1) is 33.2. The predicted octanol–water partition coefficient (Wildman–Crippen LogP) is 14.0. The number of hydrogen-bond acceptors (Lipinski definition) is 4. The van der Waals surface area contributed by atoms with Gasteiger partial charge in [-0.15, -0.1) is 0 Å². The number of furan rings is 2. The molecule has 4 heterocycles. The van der Waals surface area contributed by atoms with Gasteiger partial charge in [0.25, 0.3) is 0 Å². The van der Waals surface area contributed by atoms with Crippen molar-refractivity contribution >= 4 is 82.2 Å². The van der Waals surface area contributed by atoms with Gasteiger partial charge < -0.3 is 13.4 Å². The molecule has 278 valence electrons. The van der Waals surface area contributed by atoms with Crippen molar-refractivity contribution in [1.82, 2.24) is 9.88 Å². The summed E-state index contributed by atoms with van der Waals surface area (Å²) in [6, 6.07) is 60.6. The topological polar surface area (TPSA) is 55.6 Å². The highest BCUT2D eigenvalue weighted by Crippen LogP contribution is 2.43. The summed E-state index contributed by atoms with van der Waals surface area (Å²) in [5.74, 6) is 0.223. The van der Waals surface area contributed by atoms with E-state index in [9.17, 15) is 0 Å². The van der Waals surface area contributed by atoms with Gasteiger partial charge in [0.15, 0.2) is 0 Å². The Balaban J connectivity index is 1.08. The molecule has 1 aliphatic rings. The number of rotatable bonds is 4. The first-order chi connectivity index (χ1) is 28.7. The van der Waals surface area contributed by atoms with E-state index in [2.05, 4.69) is 181 Å². The Hall–Kier alpha value is -6.95. The molecule has 0 radical (unpaired) electrons. The molecule has 0 saturated carbocycles. The van der Waals surface area contributed by atoms with Crippen LogP contribution in [0.3, 0.4) is 0 Å². The molecule has 0 bridgehead atoms. The minimum absolute atomic E-state index is 0.0746. The van der Waals surface area contributed by atoms with Gasteiger partial charge in [0.1, 0.15) is 28.5 Å². The summed E-state index contributed by atoms with van der Waals surface area (Å²) in [4.78, 5) is 5.62. The molecule has 0 spiro atoms. The van der Waals surface area contributed by atoms with Gasteiger partial charge in [0, 0.05) is 60.9 Å². The van der Waals surface area contributed by atoms with Gasteiger partial charge in [0.05, 0.1) is 11.0 Å². The fourth-order valence-electron chi connectivity index (χ4n) is 9.64. The van der Waals surface area contributed by atoms with Crippen molar-refractivity contribution in [3.05, 3.63) is 187 Å². The maximum absolute atomic E-state index is 6.87. The van der Waals surface area contributed by atoms with Crippen LogP contribution in [0.2, 0.25) is 0 Å². The SMILES string of the molecule is CC1CC/C(c2cccc3c2oc2ccccc23)=N\C(c2ccccc2)NC1c1cc(-n2c3ccccc3c3cc4ccccc4cc32)cc2c1oc1ccccc12. The van der Waals surface area contributed by atoms with Gasteiger partial charge >= 0.3 is 0 Å². The normalized spacial score (nSPS) is 18.7. The lowest BCUT2D eigenvalue weighted by Crippen LogP contribution is -2.33. The van der Waals surface area contributed by atoms with Crippen molar-refractivity contribution in [2.24, 2.45) is 10.9 Å². The summed E-state index contributed by atoms with van der Waals surface area (Å²) < 4.78 is 15.9. The second-order valence-corrected chi connectivity index (χ2v) is 15.9. The Morgan fingerprint density at radius 2 is 1.21 bits per heavy atom. The number of hydrogen-bond donors (Lipinski definition) is 1. The molecular formula is C53H39N3O2. The number of aromatic nitrogens is 1. The van der Waals surface area contributed by atoms with Crippen molar-refractivity contribution in [2.45, 2.75) is 32.0 Å². The third kappa shape index (κ3) is 5.17. The van der Waals surface area contributed by atoms with Gasteiger partial charge in [-0.3, -0.25) is 10.3 Å². The first-order valence-corrected chi connectivity index (χ1v) is 20.3. The maximum Gasteiger partial charge on any atom is 0.144 e. The molecule has 0 aliphatic carbocycles. The quantitative estimate of drug-likeness (QED) is 0.195. The van der Waals surface area contributed by atoms with E-state index in [-0.39, 0.29) is 18.1 Å². The lowest BCUT2D eigenvalue weighted by atomic mass is 9.86. The zero-order valence-electron chi connectivity index (χ0n) is 32.0. The van der Waals surface area contributed by atoms with Gasteiger partial charge in [-0.1, -0.05) is 128 Å². The molecule has 3 atom stereocenters. The van der Waals surface area contributed by atoms with Gasteiger partial charge in [-0.25, -0.2) is 0 Å². The molecule has 0 amide bonds. The van der Waals surface area contributed by atoms with Gasteiger partial charge in [-0.2, -0.15) is 0 Å². The Morgan fingerprint density at radius 1 is 0.552 bits per heavy atom. The van der Waals surface area contributed by atoms with E-state index in [1.54, 1.807) is 0 Å². The van der Waals surface area contributed by atoms with Gasteiger partial charge in [0.2, 0.25) is 0 Å². The Labute approximate surface area is 334 Å².